The minimum absolute atomic E-state index is 0.315. The molecule has 0 saturated carbocycles. The van der Waals surface area contributed by atoms with Crippen molar-refractivity contribution < 1.29 is 9.53 Å². The molecule has 1 heterocycles. The number of aromatic nitrogens is 2. The predicted molar refractivity (Wildman–Crippen MR) is 78.3 cm³/mol. The number of nitrogens with zero attached hydrogens (tertiary/aromatic N) is 2. The summed E-state index contributed by atoms with van der Waals surface area (Å²) in [5, 5.41) is 0. The molecule has 0 aliphatic heterocycles. The van der Waals surface area contributed by atoms with Crippen LogP contribution in [-0.4, -0.2) is 22.5 Å². The molecule has 0 aliphatic rings. The van der Waals surface area contributed by atoms with E-state index in [9.17, 15) is 4.79 Å². The fourth-order valence-corrected chi connectivity index (χ4v) is 1.94. The minimum Gasteiger partial charge on any atom is -0.462 e. The van der Waals surface area contributed by atoms with Crippen molar-refractivity contribution in [2.75, 3.05) is 6.61 Å². The summed E-state index contributed by atoms with van der Waals surface area (Å²) in [6.45, 7) is 7.54. The third kappa shape index (κ3) is 2.74. The van der Waals surface area contributed by atoms with Gasteiger partial charge in [-0.05, 0) is 19.9 Å². The summed E-state index contributed by atoms with van der Waals surface area (Å²) >= 11 is 0. The third-order valence-corrected chi connectivity index (χ3v) is 2.82. The topological polar surface area (TPSA) is 52.1 Å². The Balaban J connectivity index is 2.66. The molecule has 4 nitrogen and oxygen atoms in total. The minimum atomic E-state index is -0.403. The molecule has 0 unspecified atom stereocenters. The van der Waals surface area contributed by atoms with Crippen molar-refractivity contribution in [1.29, 1.82) is 0 Å². The van der Waals surface area contributed by atoms with Gasteiger partial charge in [0.15, 0.2) is 5.82 Å². The highest BCUT2D eigenvalue weighted by molar-refractivity contribution is 5.97. The lowest BCUT2D eigenvalue weighted by atomic mass is 10.0. The van der Waals surface area contributed by atoms with E-state index in [1.807, 2.05) is 30.3 Å². The first-order chi connectivity index (χ1) is 9.67. The van der Waals surface area contributed by atoms with Crippen LogP contribution in [0.25, 0.3) is 17.3 Å². The lowest BCUT2D eigenvalue weighted by Crippen LogP contribution is -2.12. The number of carbonyl (C=O) groups is 1. The molecule has 1 aromatic heterocycles. The summed E-state index contributed by atoms with van der Waals surface area (Å²) in [6.07, 6.45) is 1.56. The number of hydrogen-bond donors (Lipinski definition) is 0. The molecule has 0 bridgehead atoms. The SMILES string of the molecule is C=Cc1nc(C)c(C(=O)OCC)c(-c2ccccc2)n1. The average Bonchev–Trinajstić information content (AvgIpc) is 2.47. The van der Waals surface area contributed by atoms with E-state index in [0.29, 0.717) is 29.4 Å². The average molecular weight is 268 g/mol. The fourth-order valence-electron chi connectivity index (χ4n) is 1.94. The van der Waals surface area contributed by atoms with Gasteiger partial charge in [0.05, 0.1) is 18.0 Å². The molecule has 0 fully saturated rings. The van der Waals surface area contributed by atoms with Gasteiger partial charge in [-0.2, -0.15) is 0 Å². The van der Waals surface area contributed by atoms with E-state index in [1.54, 1.807) is 19.9 Å². The highest BCUT2D eigenvalue weighted by atomic mass is 16.5. The normalized spacial score (nSPS) is 10.1. The summed E-state index contributed by atoms with van der Waals surface area (Å²) < 4.78 is 5.10. The van der Waals surface area contributed by atoms with Gasteiger partial charge in [-0.15, -0.1) is 0 Å². The Kier molecular flexibility index (Phi) is 4.25. The van der Waals surface area contributed by atoms with Crippen molar-refractivity contribution in [3.8, 4) is 11.3 Å². The van der Waals surface area contributed by atoms with Gasteiger partial charge in [-0.25, -0.2) is 14.8 Å². The smallest absolute Gasteiger partial charge is 0.342 e. The van der Waals surface area contributed by atoms with Gasteiger partial charge in [-0.3, -0.25) is 0 Å². The van der Waals surface area contributed by atoms with Crippen LogP contribution >= 0.6 is 0 Å². The van der Waals surface area contributed by atoms with Crippen LogP contribution in [-0.2, 0) is 4.74 Å². The van der Waals surface area contributed by atoms with E-state index in [-0.39, 0.29) is 0 Å². The summed E-state index contributed by atoms with van der Waals surface area (Å²) in [4.78, 5) is 20.8. The number of esters is 1. The predicted octanol–water partition coefficient (Wildman–Crippen LogP) is 3.27. The maximum absolute atomic E-state index is 12.1. The summed E-state index contributed by atoms with van der Waals surface area (Å²) in [5.41, 5.74) is 2.42. The Labute approximate surface area is 118 Å². The molecule has 1 aromatic carbocycles. The van der Waals surface area contributed by atoms with Gasteiger partial charge in [0.1, 0.15) is 5.56 Å². The van der Waals surface area contributed by atoms with Crippen LogP contribution < -0.4 is 0 Å². The summed E-state index contributed by atoms with van der Waals surface area (Å²) in [6, 6.07) is 9.51. The first kappa shape index (κ1) is 13.9. The molecule has 0 atom stereocenters. The van der Waals surface area contributed by atoms with Gasteiger partial charge >= 0.3 is 5.97 Å². The molecule has 20 heavy (non-hydrogen) atoms. The number of ether oxygens (including phenoxy) is 1. The number of rotatable bonds is 4. The van der Waals surface area contributed by atoms with Gasteiger partial charge in [0.25, 0.3) is 0 Å². The first-order valence-corrected chi connectivity index (χ1v) is 6.41. The largest absolute Gasteiger partial charge is 0.462 e. The first-order valence-electron chi connectivity index (χ1n) is 6.41. The Morgan fingerprint density at radius 1 is 1.30 bits per heavy atom. The van der Waals surface area contributed by atoms with Crippen LogP contribution in [0.5, 0.6) is 0 Å². The Morgan fingerprint density at radius 2 is 2.00 bits per heavy atom. The van der Waals surface area contributed by atoms with Crippen molar-refractivity contribution >= 4 is 12.0 Å². The molecule has 0 spiro atoms. The molecule has 0 radical (unpaired) electrons. The van der Waals surface area contributed by atoms with Crippen LogP contribution in [0.15, 0.2) is 36.9 Å². The number of carbonyl (C=O) groups excluding carboxylic acids is 1. The Bertz CT molecular complexity index is 636. The van der Waals surface area contributed by atoms with Crippen molar-refractivity contribution in [2.45, 2.75) is 13.8 Å². The lowest BCUT2D eigenvalue weighted by Gasteiger charge is -2.11. The van der Waals surface area contributed by atoms with Crippen LogP contribution in [0.2, 0.25) is 0 Å². The van der Waals surface area contributed by atoms with Crippen molar-refractivity contribution in [3.63, 3.8) is 0 Å². The van der Waals surface area contributed by atoms with Crippen molar-refractivity contribution in [3.05, 3.63) is 54.0 Å². The molecular weight excluding hydrogens is 252 g/mol. The molecule has 102 valence electrons. The standard InChI is InChI=1S/C16H16N2O2/c1-4-13-17-11(3)14(16(19)20-5-2)15(18-13)12-9-7-6-8-10-12/h4,6-10H,1,5H2,2-3H3. The zero-order chi connectivity index (χ0) is 14.5. The van der Waals surface area contributed by atoms with E-state index in [4.69, 9.17) is 4.74 Å². The van der Waals surface area contributed by atoms with Gasteiger partial charge in [0.2, 0.25) is 0 Å². The van der Waals surface area contributed by atoms with Gasteiger partial charge < -0.3 is 4.74 Å². The van der Waals surface area contributed by atoms with Gasteiger partial charge in [0, 0.05) is 5.56 Å². The van der Waals surface area contributed by atoms with Crippen molar-refractivity contribution in [1.82, 2.24) is 9.97 Å². The molecular formula is C16H16N2O2. The fraction of sp³-hybridized carbons (Fsp3) is 0.188. The third-order valence-electron chi connectivity index (χ3n) is 2.82. The van der Waals surface area contributed by atoms with Crippen LogP contribution in [0.1, 0.15) is 28.8 Å². The van der Waals surface area contributed by atoms with E-state index in [2.05, 4.69) is 16.5 Å². The van der Waals surface area contributed by atoms with E-state index in [1.165, 1.54) is 0 Å². The van der Waals surface area contributed by atoms with E-state index in [0.717, 1.165) is 5.56 Å². The molecule has 0 amide bonds. The summed E-state index contributed by atoms with van der Waals surface area (Å²) in [7, 11) is 0. The van der Waals surface area contributed by atoms with Crippen LogP contribution in [0.4, 0.5) is 0 Å². The molecule has 0 aliphatic carbocycles. The highest BCUT2D eigenvalue weighted by Gasteiger charge is 2.20. The second kappa shape index (κ2) is 6.10. The lowest BCUT2D eigenvalue weighted by molar-refractivity contribution is 0.0525. The summed E-state index contributed by atoms with van der Waals surface area (Å²) in [5.74, 6) is 0.0915. The quantitative estimate of drug-likeness (QED) is 0.798. The van der Waals surface area contributed by atoms with Crippen molar-refractivity contribution in [2.24, 2.45) is 0 Å². The van der Waals surface area contributed by atoms with Crippen LogP contribution in [0.3, 0.4) is 0 Å². The maximum atomic E-state index is 12.1. The molecule has 0 N–H and O–H groups in total. The second-order valence-corrected chi connectivity index (χ2v) is 4.18. The molecule has 0 saturated heterocycles. The highest BCUT2D eigenvalue weighted by Crippen LogP contribution is 2.24. The number of aryl methyl sites for hydroxylation is 1. The van der Waals surface area contributed by atoms with E-state index >= 15 is 0 Å². The maximum Gasteiger partial charge on any atom is 0.342 e. The van der Waals surface area contributed by atoms with E-state index < -0.39 is 5.97 Å². The molecule has 2 aromatic rings. The number of hydrogen-bond acceptors (Lipinski definition) is 4. The molecule has 4 heteroatoms. The van der Waals surface area contributed by atoms with Crippen LogP contribution in [0, 0.1) is 6.92 Å². The van der Waals surface area contributed by atoms with Gasteiger partial charge in [-0.1, -0.05) is 36.9 Å². The Hall–Kier alpha value is -2.49. The molecule has 2 rings (SSSR count). The number of benzene rings is 1. The zero-order valence-corrected chi connectivity index (χ0v) is 11.6. The zero-order valence-electron chi connectivity index (χ0n) is 11.6. The monoisotopic (exact) mass is 268 g/mol. The Morgan fingerprint density at radius 3 is 2.60 bits per heavy atom. The second-order valence-electron chi connectivity index (χ2n) is 4.18.